The largest absolute Gasteiger partial charge is 0.492 e. The number of aromatic nitrogens is 2. The molecule has 0 aliphatic carbocycles. The maximum absolute atomic E-state index is 12.3. The molecule has 6 heteroatoms. The highest BCUT2D eigenvalue weighted by atomic mass is 16.5. The molecule has 0 fully saturated rings. The van der Waals surface area contributed by atoms with Crippen molar-refractivity contribution in [3.05, 3.63) is 35.7 Å². The number of anilines is 2. The van der Waals surface area contributed by atoms with E-state index in [4.69, 9.17) is 10.5 Å². The Hall–Kier alpha value is -2.50. The Labute approximate surface area is 117 Å². The summed E-state index contributed by atoms with van der Waals surface area (Å²) >= 11 is 0. The normalized spacial score (nSPS) is 10.3. The first kappa shape index (κ1) is 13.9. The van der Waals surface area contributed by atoms with Gasteiger partial charge in [0.2, 0.25) is 0 Å². The number of amides is 1. The number of nitrogen functional groups attached to an aromatic ring is 1. The highest BCUT2D eigenvalue weighted by Crippen LogP contribution is 2.26. The molecule has 20 heavy (non-hydrogen) atoms. The third-order valence-electron chi connectivity index (χ3n) is 2.87. The van der Waals surface area contributed by atoms with Crippen LogP contribution in [0.3, 0.4) is 0 Å². The molecule has 6 nitrogen and oxygen atoms in total. The predicted molar refractivity (Wildman–Crippen MR) is 77.9 cm³/mol. The second kappa shape index (κ2) is 5.64. The first-order valence-electron chi connectivity index (χ1n) is 6.35. The standard InChI is InChI=1S/C14H18N4O2/c1-4-20-12-7-9(2)5-6-11(12)17-14(19)13-10(15)8-16-18(13)3/h5-8H,4,15H2,1-3H3,(H,17,19). The average Bonchev–Trinajstić information content (AvgIpc) is 2.72. The number of carbonyl (C=O) groups excluding carboxylic acids is 1. The fraction of sp³-hybridized carbons (Fsp3) is 0.286. The monoisotopic (exact) mass is 274 g/mol. The summed E-state index contributed by atoms with van der Waals surface area (Å²) in [6.07, 6.45) is 1.45. The molecule has 1 heterocycles. The molecule has 0 saturated carbocycles. The Balaban J connectivity index is 2.28. The van der Waals surface area contributed by atoms with Crippen molar-refractivity contribution >= 4 is 17.3 Å². The van der Waals surface area contributed by atoms with Crippen molar-refractivity contribution < 1.29 is 9.53 Å². The van der Waals surface area contributed by atoms with Gasteiger partial charge in [-0.15, -0.1) is 0 Å². The average molecular weight is 274 g/mol. The van der Waals surface area contributed by atoms with Gasteiger partial charge in [0.15, 0.2) is 0 Å². The fourth-order valence-corrected chi connectivity index (χ4v) is 1.92. The summed E-state index contributed by atoms with van der Waals surface area (Å²) in [6, 6.07) is 5.60. The number of ether oxygens (including phenoxy) is 1. The van der Waals surface area contributed by atoms with Gasteiger partial charge in [0.1, 0.15) is 11.4 Å². The minimum absolute atomic E-state index is 0.313. The van der Waals surface area contributed by atoms with Crippen LogP contribution >= 0.6 is 0 Å². The van der Waals surface area contributed by atoms with Gasteiger partial charge in [-0.3, -0.25) is 9.48 Å². The van der Waals surface area contributed by atoms with Gasteiger partial charge in [0.05, 0.1) is 24.2 Å². The summed E-state index contributed by atoms with van der Waals surface area (Å²) in [4.78, 5) is 12.3. The van der Waals surface area contributed by atoms with E-state index in [2.05, 4.69) is 10.4 Å². The van der Waals surface area contributed by atoms with Gasteiger partial charge < -0.3 is 15.8 Å². The van der Waals surface area contributed by atoms with Gasteiger partial charge in [-0.1, -0.05) is 6.07 Å². The molecule has 106 valence electrons. The number of hydrogen-bond donors (Lipinski definition) is 2. The van der Waals surface area contributed by atoms with Gasteiger partial charge in [-0.05, 0) is 31.5 Å². The highest BCUT2D eigenvalue weighted by Gasteiger charge is 2.16. The molecule has 0 spiro atoms. The zero-order valence-corrected chi connectivity index (χ0v) is 11.8. The quantitative estimate of drug-likeness (QED) is 0.893. The van der Waals surface area contributed by atoms with Crippen LogP contribution < -0.4 is 15.8 Å². The maximum Gasteiger partial charge on any atom is 0.276 e. The Morgan fingerprint density at radius 1 is 1.50 bits per heavy atom. The van der Waals surface area contributed by atoms with Crippen LogP contribution in [0.4, 0.5) is 11.4 Å². The smallest absolute Gasteiger partial charge is 0.276 e. The van der Waals surface area contributed by atoms with Crippen LogP contribution in [-0.2, 0) is 7.05 Å². The molecule has 1 aromatic carbocycles. The molecule has 0 unspecified atom stereocenters. The molecule has 0 aliphatic heterocycles. The molecule has 0 aliphatic rings. The Morgan fingerprint density at radius 3 is 2.85 bits per heavy atom. The third-order valence-corrected chi connectivity index (χ3v) is 2.87. The predicted octanol–water partition coefficient (Wildman–Crippen LogP) is 1.96. The number of nitrogens with zero attached hydrogens (tertiary/aromatic N) is 2. The molecular weight excluding hydrogens is 256 g/mol. The number of benzene rings is 1. The molecule has 3 N–H and O–H groups in total. The topological polar surface area (TPSA) is 82.2 Å². The second-order valence-electron chi connectivity index (χ2n) is 4.46. The van der Waals surface area contributed by atoms with Crippen molar-refractivity contribution in [1.82, 2.24) is 9.78 Å². The Morgan fingerprint density at radius 2 is 2.25 bits per heavy atom. The lowest BCUT2D eigenvalue weighted by molar-refractivity contribution is 0.101. The summed E-state index contributed by atoms with van der Waals surface area (Å²) in [5.74, 6) is 0.328. The number of aryl methyl sites for hydroxylation is 2. The molecule has 0 bridgehead atoms. The van der Waals surface area contributed by atoms with Crippen molar-refractivity contribution in [2.24, 2.45) is 7.05 Å². The van der Waals surface area contributed by atoms with Crippen molar-refractivity contribution in [1.29, 1.82) is 0 Å². The van der Waals surface area contributed by atoms with Crippen LogP contribution in [0.25, 0.3) is 0 Å². The molecule has 1 amide bonds. The highest BCUT2D eigenvalue weighted by molar-refractivity contribution is 6.07. The summed E-state index contributed by atoms with van der Waals surface area (Å²) in [7, 11) is 1.67. The number of hydrogen-bond acceptors (Lipinski definition) is 4. The summed E-state index contributed by atoms with van der Waals surface area (Å²) < 4.78 is 6.97. The first-order valence-corrected chi connectivity index (χ1v) is 6.35. The van der Waals surface area contributed by atoms with E-state index in [0.29, 0.717) is 29.4 Å². The number of nitrogens with two attached hydrogens (primary N) is 1. The molecule has 2 rings (SSSR count). The Bertz CT molecular complexity index is 615. The number of nitrogens with one attached hydrogen (secondary N) is 1. The molecular formula is C14H18N4O2. The van der Waals surface area contributed by atoms with E-state index in [9.17, 15) is 4.79 Å². The van der Waals surface area contributed by atoms with Crippen LogP contribution in [0, 0.1) is 6.92 Å². The molecule has 0 radical (unpaired) electrons. The molecule has 2 aromatic rings. The van der Waals surface area contributed by atoms with Crippen molar-refractivity contribution in [2.75, 3.05) is 17.7 Å². The minimum atomic E-state index is -0.313. The third kappa shape index (κ3) is 2.74. The fourth-order valence-electron chi connectivity index (χ4n) is 1.92. The van der Waals surface area contributed by atoms with Gasteiger partial charge >= 0.3 is 0 Å². The van der Waals surface area contributed by atoms with Crippen LogP contribution in [0.1, 0.15) is 23.0 Å². The minimum Gasteiger partial charge on any atom is -0.492 e. The van der Waals surface area contributed by atoms with Crippen LogP contribution in [-0.4, -0.2) is 22.3 Å². The van der Waals surface area contributed by atoms with E-state index in [1.54, 1.807) is 7.05 Å². The van der Waals surface area contributed by atoms with E-state index in [-0.39, 0.29) is 5.91 Å². The number of carbonyl (C=O) groups is 1. The van der Waals surface area contributed by atoms with Crippen LogP contribution in [0.2, 0.25) is 0 Å². The second-order valence-corrected chi connectivity index (χ2v) is 4.46. The van der Waals surface area contributed by atoms with E-state index >= 15 is 0 Å². The van der Waals surface area contributed by atoms with E-state index in [1.807, 2.05) is 32.0 Å². The lowest BCUT2D eigenvalue weighted by Crippen LogP contribution is -2.18. The van der Waals surface area contributed by atoms with Crippen molar-refractivity contribution in [3.63, 3.8) is 0 Å². The van der Waals surface area contributed by atoms with Crippen LogP contribution in [0.15, 0.2) is 24.4 Å². The lowest BCUT2D eigenvalue weighted by atomic mass is 10.2. The lowest BCUT2D eigenvalue weighted by Gasteiger charge is -2.12. The van der Waals surface area contributed by atoms with Gasteiger partial charge in [-0.25, -0.2) is 0 Å². The SMILES string of the molecule is CCOc1cc(C)ccc1NC(=O)c1c(N)cnn1C. The van der Waals surface area contributed by atoms with Gasteiger partial charge in [0, 0.05) is 7.05 Å². The van der Waals surface area contributed by atoms with E-state index in [1.165, 1.54) is 10.9 Å². The van der Waals surface area contributed by atoms with Gasteiger partial charge in [0.25, 0.3) is 5.91 Å². The summed E-state index contributed by atoms with van der Waals surface area (Å²) in [6.45, 7) is 4.39. The van der Waals surface area contributed by atoms with Crippen LogP contribution in [0.5, 0.6) is 5.75 Å². The summed E-state index contributed by atoms with van der Waals surface area (Å²) in [5.41, 5.74) is 8.09. The Kier molecular flexibility index (Phi) is 3.93. The number of rotatable bonds is 4. The van der Waals surface area contributed by atoms with E-state index in [0.717, 1.165) is 5.56 Å². The zero-order chi connectivity index (χ0) is 14.7. The molecule has 0 atom stereocenters. The van der Waals surface area contributed by atoms with Crippen molar-refractivity contribution in [3.8, 4) is 5.75 Å². The summed E-state index contributed by atoms with van der Waals surface area (Å²) in [5, 5.41) is 6.75. The maximum atomic E-state index is 12.3. The first-order chi connectivity index (χ1) is 9.52. The molecule has 0 saturated heterocycles. The van der Waals surface area contributed by atoms with Gasteiger partial charge in [-0.2, -0.15) is 5.10 Å². The zero-order valence-electron chi connectivity index (χ0n) is 11.8. The van der Waals surface area contributed by atoms with E-state index < -0.39 is 0 Å². The van der Waals surface area contributed by atoms with Crippen molar-refractivity contribution in [2.45, 2.75) is 13.8 Å². The molecule has 1 aromatic heterocycles.